The Hall–Kier alpha value is -1.50. The zero-order chi connectivity index (χ0) is 18.4. The monoisotopic (exact) mass is 395 g/mol. The number of anilines is 1. The third kappa shape index (κ3) is 5.76. The molecule has 0 aliphatic carbocycles. The Morgan fingerprint density at radius 2 is 1.88 bits per heavy atom. The minimum absolute atomic E-state index is 0.254. The van der Waals surface area contributed by atoms with E-state index in [4.69, 9.17) is 11.6 Å². The maximum Gasteiger partial charge on any atom is 0.329 e. The second kappa shape index (κ2) is 9.27. The van der Waals surface area contributed by atoms with Crippen molar-refractivity contribution in [1.29, 1.82) is 0 Å². The van der Waals surface area contributed by atoms with Crippen molar-refractivity contribution in [3.8, 4) is 0 Å². The number of urea groups is 1. The summed E-state index contributed by atoms with van der Waals surface area (Å²) in [7, 11) is 0. The van der Waals surface area contributed by atoms with Crippen molar-refractivity contribution in [1.82, 2.24) is 9.71 Å². The molecule has 25 heavy (non-hydrogen) atoms. The number of carbonyl (C=O) groups excluding carboxylic acids is 1. The van der Waals surface area contributed by atoms with E-state index in [0.717, 1.165) is 21.8 Å². The van der Waals surface area contributed by atoms with Crippen LogP contribution in [-0.4, -0.2) is 11.0 Å². The highest BCUT2D eigenvalue weighted by Gasteiger charge is 2.17. The molecule has 2 N–H and O–H groups in total. The Labute approximate surface area is 162 Å². The Balaban J connectivity index is 2.08. The van der Waals surface area contributed by atoms with Crippen LogP contribution in [0.15, 0.2) is 29.1 Å². The third-order valence-electron chi connectivity index (χ3n) is 3.53. The summed E-state index contributed by atoms with van der Waals surface area (Å²) in [5.41, 5.74) is 2.92. The van der Waals surface area contributed by atoms with Gasteiger partial charge in [-0.15, -0.1) is 11.3 Å². The quantitative estimate of drug-likeness (QED) is 0.550. The third-order valence-corrected chi connectivity index (χ3v) is 5.06. The number of halogens is 1. The summed E-state index contributed by atoms with van der Waals surface area (Å²) in [5, 5.41) is 8.29. The summed E-state index contributed by atoms with van der Waals surface area (Å²) >= 11 is 9.00. The number of nitrogens with zero attached hydrogens (tertiary/aromatic N) is 1. The van der Waals surface area contributed by atoms with Crippen molar-refractivity contribution in [2.45, 2.75) is 39.5 Å². The number of thiazole rings is 1. The van der Waals surface area contributed by atoms with Crippen LogP contribution in [0.4, 0.5) is 10.5 Å². The number of benzene rings is 1. The fourth-order valence-corrected chi connectivity index (χ4v) is 3.61. The van der Waals surface area contributed by atoms with E-state index < -0.39 is 0 Å². The van der Waals surface area contributed by atoms with Gasteiger partial charge in [0.15, 0.2) is 0 Å². The van der Waals surface area contributed by atoms with E-state index in [9.17, 15) is 4.79 Å². The Bertz CT molecular complexity index is 714. The van der Waals surface area contributed by atoms with Crippen molar-refractivity contribution in [2.75, 3.05) is 5.32 Å². The number of amides is 2. The first-order chi connectivity index (χ1) is 11.9. The maximum atomic E-state index is 12.3. The lowest BCUT2D eigenvalue weighted by Crippen LogP contribution is -2.24. The van der Waals surface area contributed by atoms with Crippen LogP contribution < -0.4 is 10.0 Å². The number of nitrogens with one attached hydrogen (secondary N) is 2. The maximum absolute atomic E-state index is 12.3. The molecule has 2 amide bonds. The minimum Gasteiger partial charge on any atom is -0.307 e. The van der Waals surface area contributed by atoms with E-state index in [2.05, 4.69) is 42.7 Å². The van der Waals surface area contributed by atoms with Gasteiger partial charge in [0.1, 0.15) is 5.01 Å². The molecule has 0 fully saturated rings. The van der Waals surface area contributed by atoms with Crippen molar-refractivity contribution in [2.24, 2.45) is 0 Å². The molecule has 0 spiro atoms. The number of hydrogen-bond acceptors (Lipinski definition) is 4. The van der Waals surface area contributed by atoms with Gasteiger partial charge in [0, 0.05) is 22.3 Å². The van der Waals surface area contributed by atoms with E-state index in [-0.39, 0.29) is 17.9 Å². The molecule has 0 aliphatic rings. The SMILES string of the molecule is CC(C)c1cc(Cl)cc(C(C)C)c1NC(=O)NS/C=C/c1nccs1. The Morgan fingerprint density at radius 1 is 1.24 bits per heavy atom. The van der Waals surface area contributed by atoms with Gasteiger partial charge in [0.05, 0.1) is 0 Å². The van der Waals surface area contributed by atoms with Gasteiger partial charge in [-0.25, -0.2) is 9.78 Å². The van der Waals surface area contributed by atoms with Crippen LogP contribution in [0.1, 0.15) is 55.7 Å². The van der Waals surface area contributed by atoms with Crippen LogP contribution in [0, 0.1) is 0 Å². The number of aromatic nitrogens is 1. The average molecular weight is 396 g/mol. The molecule has 0 saturated carbocycles. The predicted molar refractivity (Wildman–Crippen MR) is 111 cm³/mol. The van der Waals surface area contributed by atoms with E-state index in [1.807, 2.05) is 23.6 Å². The van der Waals surface area contributed by atoms with E-state index in [1.54, 1.807) is 22.9 Å². The minimum atomic E-state index is -0.264. The molecule has 4 nitrogen and oxygen atoms in total. The van der Waals surface area contributed by atoms with Crippen molar-refractivity contribution >= 4 is 52.7 Å². The Kier molecular flexibility index (Phi) is 7.35. The molecule has 0 radical (unpaired) electrons. The highest BCUT2D eigenvalue weighted by Crippen LogP contribution is 2.35. The smallest absolute Gasteiger partial charge is 0.307 e. The summed E-state index contributed by atoms with van der Waals surface area (Å²) in [4.78, 5) is 16.4. The zero-order valence-corrected chi connectivity index (χ0v) is 17.1. The highest BCUT2D eigenvalue weighted by atomic mass is 35.5. The lowest BCUT2D eigenvalue weighted by atomic mass is 9.92. The van der Waals surface area contributed by atoms with Gasteiger partial charge in [0.2, 0.25) is 0 Å². The molecule has 0 aliphatic heterocycles. The fourth-order valence-electron chi connectivity index (χ4n) is 2.34. The largest absolute Gasteiger partial charge is 0.329 e. The summed E-state index contributed by atoms with van der Waals surface area (Å²) < 4.78 is 2.76. The topological polar surface area (TPSA) is 54.0 Å². The normalized spacial score (nSPS) is 11.5. The molecule has 0 saturated heterocycles. The first-order valence-electron chi connectivity index (χ1n) is 8.00. The number of carbonyl (C=O) groups is 1. The first-order valence-corrected chi connectivity index (χ1v) is 10.1. The lowest BCUT2D eigenvalue weighted by Gasteiger charge is -2.20. The second-order valence-corrected chi connectivity index (χ2v) is 8.19. The van der Waals surface area contributed by atoms with Gasteiger partial charge < -0.3 is 5.32 Å². The van der Waals surface area contributed by atoms with Crippen LogP contribution in [0.25, 0.3) is 6.08 Å². The number of hydrogen-bond donors (Lipinski definition) is 2. The van der Waals surface area contributed by atoms with Gasteiger partial charge in [0.25, 0.3) is 0 Å². The van der Waals surface area contributed by atoms with Gasteiger partial charge in [-0.2, -0.15) is 0 Å². The summed E-state index contributed by atoms with van der Waals surface area (Å²) in [6.07, 6.45) is 3.60. The molecule has 1 heterocycles. The van der Waals surface area contributed by atoms with Crippen molar-refractivity contribution in [3.63, 3.8) is 0 Å². The van der Waals surface area contributed by atoms with Crippen LogP contribution in [-0.2, 0) is 0 Å². The lowest BCUT2D eigenvalue weighted by molar-refractivity contribution is 0.257. The Morgan fingerprint density at radius 3 is 2.40 bits per heavy atom. The highest BCUT2D eigenvalue weighted by molar-refractivity contribution is 8.00. The number of rotatable bonds is 6. The van der Waals surface area contributed by atoms with Gasteiger partial charge in [-0.1, -0.05) is 39.3 Å². The molecule has 1 aromatic heterocycles. The first kappa shape index (κ1) is 19.8. The molecular weight excluding hydrogens is 374 g/mol. The van der Waals surface area contributed by atoms with Gasteiger partial charge >= 0.3 is 6.03 Å². The standard InChI is InChI=1S/C18H22ClN3OS2/c1-11(2)14-9-13(19)10-15(12(3)4)17(14)21-18(23)22-25-7-5-16-20-6-8-24-16/h5-12H,1-4H3,(H2,21,22,23)/b7-5+. The van der Waals surface area contributed by atoms with Gasteiger partial charge in [-0.05, 0) is 58.5 Å². The van der Waals surface area contributed by atoms with Crippen LogP contribution >= 0.6 is 34.9 Å². The van der Waals surface area contributed by atoms with E-state index in [0.29, 0.717) is 5.02 Å². The predicted octanol–water partition coefficient (Wildman–Crippen LogP) is 6.48. The summed E-state index contributed by atoms with van der Waals surface area (Å²) in [5.74, 6) is 0.507. The second-order valence-electron chi connectivity index (χ2n) is 6.12. The average Bonchev–Trinajstić information content (AvgIpc) is 3.05. The molecule has 0 bridgehead atoms. The van der Waals surface area contributed by atoms with Gasteiger partial charge in [-0.3, -0.25) is 4.72 Å². The molecule has 0 atom stereocenters. The van der Waals surface area contributed by atoms with Crippen molar-refractivity contribution in [3.05, 3.63) is 50.3 Å². The van der Waals surface area contributed by atoms with Crippen molar-refractivity contribution < 1.29 is 4.79 Å². The van der Waals surface area contributed by atoms with Crippen LogP contribution in [0.3, 0.4) is 0 Å². The molecule has 0 unspecified atom stereocenters. The fraction of sp³-hybridized carbons (Fsp3) is 0.333. The molecule has 2 aromatic rings. The molecule has 134 valence electrons. The van der Waals surface area contributed by atoms with E-state index in [1.165, 1.54) is 11.9 Å². The summed E-state index contributed by atoms with van der Waals surface area (Å²) in [6, 6.07) is 3.58. The molecule has 1 aromatic carbocycles. The molecule has 2 rings (SSSR count). The van der Waals surface area contributed by atoms with E-state index >= 15 is 0 Å². The van der Waals surface area contributed by atoms with Crippen LogP contribution in [0.5, 0.6) is 0 Å². The zero-order valence-electron chi connectivity index (χ0n) is 14.7. The molecule has 7 heteroatoms. The van der Waals surface area contributed by atoms with Crippen LogP contribution in [0.2, 0.25) is 5.02 Å². The summed E-state index contributed by atoms with van der Waals surface area (Å²) in [6.45, 7) is 8.35. The molecular formula is C18H22ClN3OS2.